The molecule has 0 spiro atoms. The number of hydrogen-bond donors (Lipinski definition) is 1. The highest BCUT2D eigenvalue weighted by Crippen LogP contribution is 2.42. The Morgan fingerprint density at radius 3 is 2.64 bits per heavy atom. The molecule has 1 aromatic carbocycles. The Morgan fingerprint density at radius 2 is 1.96 bits per heavy atom. The maximum atomic E-state index is 12.8. The number of carbonyl (C=O) groups excluding carboxylic acids is 1. The summed E-state index contributed by atoms with van der Waals surface area (Å²) in [5.41, 5.74) is 0.407. The standard InChI is InChI=1S/C21H21N3O4/c22-11-19-18(7-4-8-23-19)21(26)9-16-13-27-14-17(10-21)24(16)20(25)28-12-15-5-2-1-3-6-15/h1-8,16-17,26H,9-10,12-14H2. The highest BCUT2D eigenvalue weighted by molar-refractivity contribution is 5.69. The summed E-state index contributed by atoms with van der Waals surface area (Å²) in [6.45, 7) is 0.838. The summed E-state index contributed by atoms with van der Waals surface area (Å²) in [6.07, 6.45) is 1.66. The van der Waals surface area contributed by atoms with E-state index >= 15 is 0 Å². The van der Waals surface area contributed by atoms with Gasteiger partial charge in [-0.05, 0) is 11.6 Å². The average molecular weight is 379 g/mol. The van der Waals surface area contributed by atoms with Crippen LogP contribution in [-0.2, 0) is 21.7 Å². The number of benzene rings is 1. The van der Waals surface area contributed by atoms with Crippen molar-refractivity contribution in [3.63, 3.8) is 0 Å². The lowest BCUT2D eigenvalue weighted by Gasteiger charge is -2.50. The Labute approximate surface area is 163 Å². The van der Waals surface area contributed by atoms with Crippen molar-refractivity contribution in [2.24, 2.45) is 0 Å². The van der Waals surface area contributed by atoms with Crippen LogP contribution in [0.3, 0.4) is 0 Å². The number of amides is 1. The van der Waals surface area contributed by atoms with Crippen molar-refractivity contribution >= 4 is 6.09 Å². The highest BCUT2D eigenvalue weighted by Gasteiger charge is 2.50. The number of pyridine rings is 1. The molecular weight excluding hydrogens is 358 g/mol. The maximum Gasteiger partial charge on any atom is 0.410 e. The van der Waals surface area contributed by atoms with Crippen LogP contribution in [0.5, 0.6) is 0 Å². The summed E-state index contributed by atoms with van der Waals surface area (Å²) in [4.78, 5) is 18.5. The van der Waals surface area contributed by atoms with Gasteiger partial charge in [0.1, 0.15) is 18.4 Å². The van der Waals surface area contributed by atoms with Crippen LogP contribution in [0.25, 0.3) is 0 Å². The quantitative estimate of drug-likeness (QED) is 0.879. The van der Waals surface area contributed by atoms with Crippen LogP contribution in [0.15, 0.2) is 48.7 Å². The molecule has 1 N–H and O–H groups in total. The van der Waals surface area contributed by atoms with E-state index in [4.69, 9.17) is 9.47 Å². The van der Waals surface area contributed by atoms with Crippen LogP contribution in [0, 0.1) is 11.3 Å². The number of nitrogens with zero attached hydrogens (tertiary/aromatic N) is 3. The second kappa shape index (κ2) is 7.58. The van der Waals surface area contributed by atoms with Crippen LogP contribution < -0.4 is 0 Å². The third-order valence-electron chi connectivity index (χ3n) is 5.38. The van der Waals surface area contributed by atoms with Crippen molar-refractivity contribution in [3.8, 4) is 6.07 Å². The molecule has 2 aliphatic rings. The molecule has 0 aliphatic carbocycles. The monoisotopic (exact) mass is 379 g/mol. The van der Waals surface area contributed by atoms with Gasteiger partial charge in [-0.2, -0.15) is 5.26 Å². The van der Waals surface area contributed by atoms with Gasteiger partial charge in [-0.25, -0.2) is 9.78 Å². The topological polar surface area (TPSA) is 95.7 Å². The number of hydrogen-bond acceptors (Lipinski definition) is 6. The van der Waals surface area contributed by atoms with Gasteiger partial charge in [-0.1, -0.05) is 36.4 Å². The fraction of sp³-hybridized carbons (Fsp3) is 0.381. The summed E-state index contributed by atoms with van der Waals surface area (Å²) in [6, 6.07) is 14.3. The summed E-state index contributed by atoms with van der Waals surface area (Å²) in [5, 5.41) is 20.7. The van der Waals surface area contributed by atoms with Gasteiger partial charge in [-0.15, -0.1) is 0 Å². The fourth-order valence-electron chi connectivity index (χ4n) is 4.16. The van der Waals surface area contributed by atoms with Gasteiger partial charge in [0.25, 0.3) is 0 Å². The molecule has 2 saturated heterocycles. The molecule has 7 nitrogen and oxygen atoms in total. The summed E-state index contributed by atoms with van der Waals surface area (Å²) < 4.78 is 11.1. The molecule has 2 aliphatic heterocycles. The van der Waals surface area contributed by atoms with E-state index in [9.17, 15) is 15.2 Å². The molecule has 2 aromatic rings. The lowest BCUT2D eigenvalue weighted by Crippen LogP contribution is -2.62. The second-order valence-corrected chi connectivity index (χ2v) is 7.24. The number of aliphatic hydroxyl groups is 1. The Kier molecular flexibility index (Phi) is 4.99. The van der Waals surface area contributed by atoms with Crippen molar-refractivity contribution in [1.29, 1.82) is 5.26 Å². The Morgan fingerprint density at radius 1 is 1.25 bits per heavy atom. The van der Waals surface area contributed by atoms with Crippen molar-refractivity contribution in [2.45, 2.75) is 37.1 Å². The van der Waals surface area contributed by atoms with E-state index in [0.29, 0.717) is 18.8 Å². The molecule has 2 unspecified atom stereocenters. The van der Waals surface area contributed by atoms with E-state index in [1.54, 1.807) is 17.0 Å². The number of carbonyl (C=O) groups is 1. The summed E-state index contributed by atoms with van der Waals surface area (Å²) >= 11 is 0. The fourth-order valence-corrected chi connectivity index (χ4v) is 4.16. The Balaban J connectivity index is 1.52. The van der Waals surface area contributed by atoms with E-state index in [0.717, 1.165) is 5.56 Å². The second-order valence-electron chi connectivity index (χ2n) is 7.24. The molecule has 4 rings (SSSR count). The predicted octanol–water partition coefficient (Wildman–Crippen LogP) is 2.34. The van der Waals surface area contributed by atoms with Gasteiger partial charge in [0.05, 0.1) is 30.9 Å². The molecule has 1 amide bonds. The number of fused-ring (bicyclic) bond motifs is 2. The number of aromatic nitrogens is 1. The van der Waals surface area contributed by atoms with Gasteiger partial charge in [0.15, 0.2) is 0 Å². The largest absolute Gasteiger partial charge is 0.445 e. The predicted molar refractivity (Wildman–Crippen MR) is 98.9 cm³/mol. The minimum Gasteiger partial charge on any atom is -0.445 e. The first kappa shape index (κ1) is 18.4. The SMILES string of the molecule is N#Cc1ncccc1C1(O)CC2COCC(C1)N2C(=O)OCc1ccccc1. The summed E-state index contributed by atoms with van der Waals surface area (Å²) in [7, 11) is 0. The highest BCUT2D eigenvalue weighted by atomic mass is 16.6. The molecule has 2 atom stereocenters. The maximum absolute atomic E-state index is 12.8. The number of piperidine rings is 1. The van der Waals surface area contributed by atoms with E-state index in [-0.39, 0.29) is 37.2 Å². The third-order valence-corrected chi connectivity index (χ3v) is 5.38. The zero-order valence-electron chi connectivity index (χ0n) is 15.3. The molecule has 144 valence electrons. The van der Waals surface area contributed by atoms with Crippen molar-refractivity contribution in [3.05, 3.63) is 65.5 Å². The first-order valence-corrected chi connectivity index (χ1v) is 9.25. The van der Waals surface area contributed by atoms with Gasteiger partial charge in [-0.3, -0.25) is 4.90 Å². The van der Waals surface area contributed by atoms with Crippen LogP contribution in [0.1, 0.15) is 29.7 Å². The Bertz CT molecular complexity index is 882. The smallest absolute Gasteiger partial charge is 0.410 e. The molecule has 2 fully saturated rings. The molecule has 3 heterocycles. The zero-order valence-corrected chi connectivity index (χ0v) is 15.3. The molecule has 7 heteroatoms. The lowest BCUT2D eigenvalue weighted by atomic mass is 9.76. The molecule has 1 aromatic heterocycles. The lowest BCUT2D eigenvalue weighted by molar-refractivity contribution is -0.137. The first-order chi connectivity index (χ1) is 13.6. The number of rotatable bonds is 3. The molecule has 28 heavy (non-hydrogen) atoms. The minimum atomic E-state index is -1.23. The van der Waals surface area contributed by atoms with Crippen molar-refractivity contribution in [2.75, 3.05) is 13.2 Å². The van der Waals surface area contributed by atoms with Crippen LogP contribution in [0.4, 0.5) is 4.79 Å². The van der Waals surface area contributed by atoms with Gasteiger partial charge in [0.2, 0.25) is 0 Å². The number of nitriles is 1. The van der Waals surface area contributed by atoms with Crippen molar-refractivity contribution in [1.82, 2.24) is 9.88 Å². The van der Waals surface area contributed by atoms with Crippen LogP contribution in [-0.4, -0.2) is 46.4 Å². The van der Waals surface area contributed by atoms with E-state index in [2.05, 4.69) is 4.98 Å². The van der Waals surface area contributed by atoms with Crippen molar-refractivity contribution < 1.29 is 19.4 Å². The first-order valence-electron chi connectivity index (χ1n) is 9.25. The van der Waals surface area contributed by atoms with Crippen LogP contribution in [0.2, 0.25) is 0 Å². The number of morpholine rings is 1. The third kappa shape index (κ3) is 3.44. The van der Waals surface area contributed by atoms with E-state index in [1.165, 1.54) is 6.20 Å². The van der Waals surface area contributed by atoms with E-state index in [1.807, 2.05) is 36.4 Å². The molecule has 2 bridgehead atoms. The minimum absolute atomic E-state index is 0.196. The van der Waals surface area contributed by atoms with E-state index < -0.39 is 11.7 Å². The molecule has 0 saturated carbocycles. The zero-order chi connectivity index (χ0) is 19.6. The molecular formula is C21H21N3O4. The van der Waals surface area contributed by atoms with Gasteiger partial charge in [0, 0.05) is 24.6 Å². The van der Waals surface area contributed by atoms with Gasteiger partial charge < -0.3 is 14.6 Å². The van der Waals surface area contributed by atoms with Gasteiger partial charge >= 0.3 is 6.09 Å². The molecule has 0 radical (unpaired) electrons. The average Bonchev–Trinajstić information content (AvgIpc) is 2.72. The normalized spacial score (nSPS) is 26.4. The summed E-state index contributed by atoms with van der Waals surface area (Å²) in [5.74, 6) is 0. The Hall–Kier alpha value is -2.95. The van der Waals surface area contributed by atoms with Crippen LogP contribution >= 0.6 is 0 Å². The number of ether oxygens (including phenoxy) is 2.